The fraction of sp³-hybridized carbons (Fsp3) is 0.500. The van der Waals surface area contributed by atoms with Gasteiger partial charge in [-0.2, -0.15) is 4.98 Å². The minimum absolute atomic E-state index is 0.0265. The molecule has 29 heavy (non-hydrogen) atoms. The second kappa shape index (κ2) is 6.64. The maximum absolute atomic E-state index is 13.3. The van der Waals surface area contributed by atoms with Gasteiger partial charge in [-0.15, -0.1) is 0 Å². The molecule has 0 radical (unpaired) electrons. The van der Waals surface area contributed by atoms with E-state index in [0.717, 1.165) is 19.6 Å². The molecule has 1 aromatic carbocycles. The maximum atomic E-state index is 13.3. The number of hydrogen-bond donors (Lipinski definition) is 1. The first-order chi connectivity index (χ1) is 14.0. The van der Waals surface area contributed by atoms with Crippen LogP contribution < -0.4 is 10.2 Å². The molecule has 9 nitrogen and oxygen atoms in total. The molecule has 3 aliphatic rings. The number of aromatic nitrogens is 2. The van der Waals surface area contributed by atoms with Crippen molar-refractivity contribution in [3.05, 3.63) is 41.5 Å². The molecule has 2 fully saturated rings. The Morgan fingerprint density at radius 2 is 2.14 bits per heavy atom. The van der Waals surface area contributed by atoms with Gasteiger partial charge < -0.3 is 14.7 Å². The number of piperazine rings is 1. The molecule has 2 aromatic rings. The van der Waals surface area contributed by atoms with Crippen LogP contribution in [0.2, 0.25) is 0 Å². The van der Waals surface area contributed by atoms with Gasteiger partial charge in [0.2, 0.25) is 11.8 Å². The van der Waals surface area contributed by atoms with Crippen molar-refractivity contribution in [1.29, 1.82) is 0 Å². The van der Waals surface area contributed by atoms with Crippen molar-refractivity contribution in [2.24, 2.45) is 0 Å². The van der Waals surface area contributed by atoms with E-state index in [9.17, 15) is 9.59 Å². The van der Waals surface area contributed by atoms with Crippen molar-refractivity contribution < 1.29 is 14.1 Å². The van der Waals surface area contributed by atoms with Crippen LogP contribution in [0.25, 0.3) is 0 Å². The number of amides is 2. The Kier molecular flexibility index (Phi) is 4.18. The van der Waals surface area contributed by atoms with Crippen LogP contribution in [0.4, 0.5) is 5.69 Å². The molecule has 0 bridgehead atoms. The summed E-state index contributed by atoms with van der Waals surface area (Å²) in [5.74, 6) is 0.903. The monoisotopic (exact) mass is 396 g/mol. The van der Waals surface area contributed by atoms with Gasteiger partial charge in [0.15, 0.2) is 5.82 Å². The molecule has 9 heteroatoms. The SMILES string of the molecule is CN1CCNCC1c1noc(CN2C(=O)c3ccccc3N3C(=O)CCC23C)n1. The number of carbonyl (C=O) groups is 2. The molecule has 2 unspecified atom stereocenters. The molecule has 2 saturated heterocycles. The van der Waals surface area contributed by atoms with Gasteiger partial charge in [-0.05, 0) is 32.5 Å². The summed E-state index contributed by atoms with van der Waals surface area (Å²) in [7, 11) is 2.04. The van der Waals surface area contributed by atoms with Crippen molar-refractivity contribution in [2.45, 2.75) is 38.0 Å². The number of hydrogen-bond acceptors (Lipinski definition) is 7. The van der Waals surface area contributed by atoms with E-state index in [1.54, 1.807) is 15.9 Å². The van der Waals surface area contributed by atoms with E-state index in [4.69, 9.17) is 4.52 Å². The van der Waals surface area contributed by atoms with Crippen LogP contribution in [-0.4, -0.2) is 64.1 Å². The van der Waals surface area contributed by atoms with Crippen LogP contribution in [-0.2, 0) is 11.3 Å². The molecular formula is C20H24N6O3. The van der Waals surface area contributed by atoms with Crippen molar-refractivity contribution in [1.82, 2.24) is 25.3 Å². The molecule has 1 aromatic heterocycles. The smallest absolute Gasteiger partial charge is 0.258 e. The minimum atomic E-state index is -0.736. The molecule has 5 rings (SSSR count). The fourth-order valence-corrected chi connectivity index (χ4v) is 4.64. The number of likely N-dealkylation sites (N-methyl/N-ethyl adjacent to an activating group) is 1. The van der Waals surface area contributed by atoms with E-state index < -0.39 is 5.66 Å². The lowest BCUT2D eigenvalue weighted by Gasteiger charge is -2.48. The first-order valence-electron chi connectivity index (χ1n) is 9.96. The van der Waals surface area contributed by atoms with E-state index >= 15 is 0 Å². The van der Waals surface area contributed by atoms with Gasteiger partial charge in [-0.3, -0.25) is 19.4 Å². The second-order valence-corrected chi connectivity index (χ2v) is 8.10. The third kappa shape index (κ3) is 2.76. The summed E-state index contributed by atoms with van der Waals surface area (Å²) in [6.45, 7) is 4.70. The summed E-state index contributed by atoms with van der Waals surface area (Å²) in [5.41, 5.74) is 0.469. The Hall–Kier alpha value is -2.78. The molecule has 152 valence electrons. The third-order valence-electron chi connectivity index (χ3n) is 6.33. The Morgan fingerprint density at radius 3 is 2.97 bits per heavy atom. The van der Waals surface area contributed by atoms with Crippen molar-refractivity contribution >= 4 is 17.5 Å². The normalized spacial score (nSPS) is 27.3. The average molecular weight is 396 g/mol. The number of carbonyl (C=O) groups excluding carboxylic acids is 2. The summed E-state index contributed by atoms with van der Waals surface area (Å²) in [6, 6.07) is 7.31. The average Bonchev–Trinajstić information content (AvgIpc) is 3.30. The molecule has 3 aliphatic heterocycles. The van der Waals surface area contributed by atoms with Crippen molar-refractivity contribution in [3.8, 4) is 0 Å². The maximum Gasteiger partial charge on any atom is 0.258 e. The molecule has 0 aliphatic carbocycles. The second-order valence-electron chi connectivity index (χ2n) is 8.10. The van der Waals surface area contributed by atoms with E-state index in [2.05, 4.69) is 20.4 Å². The summed E-state index contributed by atoms with van der Waals surface area (Å²) < 4.78 is 5.51. The van der Waals surface area contributed by atoms with Crippen molar-refractivity contribution in [3.63, 3.8) is 0 Å². The number of nitrogens with zero attached hydrogens (tertiary/aromatic N) is 5. The standard InChI is InChI=1S/C20H24N6O3/c1-20-8-7-17(27)26(20)14-6-4-3-5-13(14)19(28)25(20)12-16-22-18(23-29-16)15-11-21-9-10-24(15)2/h3-6,15,21H,7-12H2,1-2H3. The summed E-state index contributed by atoms with van der Waals surface area (Å²) in [4.78, 5) is 36.2. The van der Waals surface area contributed by atoms with Crippen LogP contribution in [0.3, 0.4) is 0 Å². The largest absolute Gasteiger partial charge is 0.337 e. The molecule has 4 heterocycles. The van der Waals surface area contributed by atoms with E-state index in [0.29, 0.717) is 35.8 Å². The third-order valence-corrected chi connectivity index (χ3v) is 6.33. The molecule has 1 N–H and O–H groups in total. The lowest BCUT2D eigenvalue weighted by Crippen LogP contribution is -2.61. The highest BCUT2D eigenvalue weighted by Crippen LogP contribution is 2.44. The van der Waals surface area contributed by atoms with E-state index in [1.165, 1.54) is 0 Å². The summed E-state index contributed by atoms with van der Waals surface area (Å²) in [6.07, 6.45) is 0.977. The molecule has 2 amide bonds. The van der Waals surface area contributed by atoms with Gasteiger partial charge in [-0.25, -0.2) is 0 Å². The minimum Gasteiger partial charge on any atom is -0.337 e. The predicted molar refractivity (Wildman–Crippen MR) is 104 cm³/mol. The van der Waals surface area contributed by atoms with Crippen LogP contribution in [0.5, 0.6) is 0 Å². The highest BCUT2D eigenvalue weighted by atomic mass is 16.5. The lowest BCUT2D eigenvalue weighted by atomic mass is 9.98. The fourth-order valence-electron chi connectivity index (χ4n) is 4.64. The predicted octanol–water partition coefficient (Wildman–Crippen LogP) is 1.14. The zero-order valence-electron chi connectivity index (χ0n) is 16.6. The highest BCUT2D eigenvalue weighted by molar-refractivity contribution is 6.10. The van der Waals surface area contributed by atoms with Gasteiger partial charge in [0.05, 0.1) is 17.3 Å². The molecule has 0 spiro atoms. The number of nitrogens with one attached hydrogen (secondary N) is 1. The Bertz CT molecular complexity index is 975. The number of para-hydroxylation sites is 1. The zero-order chi connectivity index (χ0) is 20.2. The van der Waals surface area contributed by atoms with Crippen molar-refractivity contribution in [2.75, 3.05) is 31.6 Å². The number of fused-ring (bicyclic) bond motifs is 3. The van der Waals surface area contributed by atoms with E-state index in [1.807, 2.05) is 32.2 Å². The van der Waals surface area contributed by atoms with Gasteiger partial charge in [-0.1, -0.05) is 17.3 Å². The van der Waals surface area contributed by atoms with Gasteiger partial charge in [0.25, 0.3) is 5.91 Å². The molecule has 0 saturated carbocycles. The first-order valence-corrected chi connectivity index (χ1v) is 9.96. The first kappa shape index (κ1) is 18.3. The van der Waals surface area contributed by atoms with Gasteiger partial charge in [0, 0.05) is 26.1 Å². The van der Waals surface area contributed by atoms with Crippen LogP contribution in [0, 0.1) is 0 Å². The van der Waals surface area contributed by atoms with Crippen LogP contribution in [0.15, 0.2) is 28.8 Å². The topological polar surface area (TPSA) is 94.8 Å². The lowest BCUT2D eigenvalue weighted by molar-refractivity contribution is -0.117. The zero-order valence-corrected chi connectivity index (χ0v) is 16.6. The van der Waals surface area contributed by atoms with Gasteiger partial charge in [0.1, 0.15) is 12.2 Å². The Morgan fingerprint density at radius 1 is 1.31 bits per heavy atom. The van der Waals surface area contributed by atoms with E-state index in [-0.39, 0.29) is 24.4 Å². The quantitative estimate of drug-likeness (QED) is 0.831. The Balaban J connectivity index is 1.47. The number of benzene rings is 1. The number of anilines is 1. The molecular weight excluding hydrogens is 372 g/mol. The molecule has 2 atom stereocenters. The summed E-state index contributed by atoms with van der Waals surface area (Å²) >= 11 is 0. The number of rotatable bonds is 3. The van der Waals surface area contributed by atoms with Gasteiger partial charge >= 0.3 is 0 Å². The van der Waals surface area contributed by atoms with Crippen LogP contribution >= 0.6 is 0 Å². The van der Waals surface area contributed by atoms with Crippen LogP contribution in [0.1, 0.15) is 47.9 Å². The summed E-state index contributed by atoms with van der Waals surface area (Å²) in [5, 5.41) is 7.50. The highest BCUT2D eigenvalue weighted by Gasteiger charge is 2.53. The Labute approximate surface area is 168 Å².